The average molecular weight is 284 g/mol. The molecule has 106 valence electrons. The van der Waals surface area contributed by atoms with Crippen LogP contribution in [0.2, 0.25) is 0 Å². The summed E-state index contributed by atoms with van der Waals surface area (Å²) in [5, 5.41) is 0.747. The van der Waals surface area contributed by atoms with E-state index in [0.29, 0.717) is 5.82 Å². The van der Waals surface area contributed by atoms with Gasteiger partial charge in [-0.15, -0.1) is 0 Å². The van der Waals surface area contributed by atoms with Crippen LogP contribution in [0.25, 0.3) is 0 Å². The topological polar surface area (TPSA) is 90.1 Å². The van der Waals surface area contributed by atoms with Crippen LogP contribution in [0.4, 0.5) is 5.82 Å². The number of esters is 1. The van der Waals surface area contributed by atoms with Crippen molar-refractivity contribution in [1.29, 1.82) is 0 Å². The third-order valence-electron chi connectivity index (χ3n) is 2.14. The molecular formula is C12H20N4O2S. The van der Waals surface area contributed by atoms with E-state index in [4.69, 9.17) is 10.6 Å². The Balaban J connectivity index is 2.70. The molecule has 0 aliphatic carbocycles. The van der Waals surface area contributed by atoms with Gasteiger partial charge in [0, 0.05) is 5.56 Å². The smallest absolute Gasteiger partial charge is 0.316 e. The zero-order valence-corrected chi connectivity index (χ0v) is 12.5. The van der Waals surface area contributed by atoms with Crippen molar-refractivity contribution < 1.29 is 9.53 Å². The van der Waals surface area contributed by atoms with E-state index in [0.717, 1.165) is 17.0 Å². The largest absolute Gasteiger partial charge is 0.459 e. The minimum absolute atomic E-state index is 0.214. The van der Waals surface area contributed by atoms with E-state index in [9.17, 15) is 4.79 Å². The Morgan fingerprint density at radius 2 is 2.16 bits per heavy atom. The van der Waals surface area contributed by atoms with Crippen molar-refractivity contribution >= 4 is 23.5 Å². The lowest BCUT2D eigenvalue weighted by molar-refractivity contribution is -0.151. The summed E-state index contributed by atoms with van der Waals surface area (Å²) in [6.07, 6.45) is 2.16. The molecule has 0 aromatic carbocycles. The van der Waals surface area contributed by atoms with E-state index in [-0.39, 0.29) is 11.7 Å². The first-order valence-electron chi connectivity index (χ1n) is 6.02. The molecule has 0 fully saturated rings. The Hall–Kier alpha value is -1.34. The van der Waals surface area contributed by atoms with Crippen molar-refractivity contribution in [2.75, 3.05) is 11.2 Å². The van der Waals surface area contributed by atoms with Gasteiger partial charge in [-0.3, -0.25) is 4.79 Å². The summed E-state index contributed by atoms with van der Waals surface area (Å²) < 4.78 is 5.25. The van der Waals surface area contributed by atoms with Crippen LogP contribution in [0.15, 0.2) is 11.4 Å². The number of nitrogens with zero attached hydrogens (tertiary/aromatic N) is 2. The molecule has 1 aromatic heterocycles. The molecular weight excluding hydrogens is 264 g/mol. The lowest BCUT2D eigenvalue weighted by atomic mass is 10.2. The van der Waals surface area contributed by atoms with Crippen LogP contribution in [0.1, 0.15) is 33.3 Å². The van der Waals surface area contributed by atoms with Crippen LogP contribution in [0, 0.1) is 0 Å². The second-order valence-corrected chi connectivity index (χ2v) is 5.84. The highest BCUT2D eigenvalue weighted by Gasteiger charge is 2.17. The van der Waals surface area contributed by atoms with E-state index in [1.807, 2.05) is 27.7 Å². The Morgan fingerprint density at radius 1 is 1.47 bits per heavy atom. The number of nitrogens with two attached hydrogens (primary N) is 1. The molecule has 1 heterocycles. The molecule has 0 saturated carbocycles. The number of rotatable bonds is 5. The summed E-state index contributed by atoms with van der Waals surface area (Å²) in [4.78, 5) is 19.9. The number of hydrogen-bond acceptors (Lipinski definition) is 7. The van der Waals surface area contributed by atoms with Crippen molar-refractivity contribution in [3.8, 4) is 0 Å². The molecule has 0 spiro atoms. The van der Waals surface area contributed by atoms with Crippen molar-refractivity contribution in [3.05, 3.63) is 11.9 Å². The summed E-state index contributed by atoms with van der Waals surface area (Å²) in [7, 11) is 0. The number of carbonyl (C=O) groups excluding carboxylic acids is 1. The molecule has 0 atom stereocenters. The molecule has 0 unspecified atom stereocenters. The van der Waals surface area contributed by atoms with Crippen LogP contribution in [-0.4, -0.2) is 27.3 Å². The first-order valence-corrected chi connectivity index (χ1v) is 7.01. The van der Waals surface area contributed by atoms with Crippen LogP contribution < -0.4 is 11.3 Å². The van der Waals surface area contributed by atoms with Crippen LogP contribution in [0.5, 0.6) is 0 Å². The van der Waals surface area contributed by atoms with Crippen LogP contribution in [-0.2, 0) is 16.0 Å². The summed E-state index contributed by atoms with van der Waals surface area (Å²) in [5.74, 6) is 5.93. The highest BCUT2D eigenvalue weighted by atomic mass is 32.2. The molecule has 0 saturated heterocycles. The van der Waals surface area contributed by atoms with Gasteiger partial charge in [0.05, 0.1) is 5.75 Å². The van der Waals surface area contributed by atoms with Gasteiger partial charge in [0.2, 0.25) is 0 Å². The standard InChI is InChI=1S/C12H20N4O2S/c1-5-8-10(16-13)14-7-15-11(8)19-6-9(17)18-12(2,3)4/h7H,5-6,13H2,1-4H3,(H,14,15,16). The van der Waals surface area contributed by atoms with E-state index < -0.39 is 5.60 Å². The SMILES string of the molecule is CCc1c(NN)ncnc1SCC(=O)OC(C)(C)C. The summed E-state index contributed by atoms with van der Waals surface area (Å²) in [6.45, 7) is 7.51. The zero-order chi connectivity index (χ0) is 14.5. The molecule has 6 nitrogen and oxygen atoms in total. The number of nitrogens with one attached hydrogen (secondary N) is 1. The third kappa shape index (κ3) is 5.04. The fourth-order valence-electron chi connectivity index (χ4n) is 1.46. The van der Waals surface area contributed by atoms with Gasteiger partial charge >= 0.3 is 5.97 Å². The van der Waals surface area contributed by atoms with Gasteiger partial charge in [-0.05, 0) is 27.2 Å². The first-order chi connectivity index (χ1) is 8.87. The quantitative estimate of drug-likeness (QED) is 0.280. The molecule has 1 aromatic rings. The number of hydrazine groups is 1. The molecule has 0 radical (unpaired) electrons. The number of thioether (sulfide) groups is 1. The predicted molar refractivity (Wildman–Crippen MR) is 75.8 cm³/mol. The first kappa shape index (κ1) is 15.7. The molecule has 3 N–H and O–H groups in total. The molecule has 0 bridgehead atoms. The third-order valence-corrected chi connectivity index (χ3v) is 3.15. The molecule has 0 aliphatic heterocycles. The van der Waals surface area contributed by atoms with Gasteiger partial charge in [-0.1, -0.05) is 18.7 Å². The van der Waals surface area contributed by atoms with Crippen LogP contribution in [0.3, 0.4) is 0 Å². The number of aromatic nitrogens is 2. The Labute approximate surface area is 117 Å². The molecule has 7 heteroatoms. The normalized spacial score (nSPS) is 11.2. The number of ether oxygens (including phenoxy) is 1. The van der Waals surface area contributed by atoms with Gasteiger partial charge < -0.3 is 10.2 Å². The maximum Gasteiger partial charge on any atom is 0.316 e. The van der Waals surface area contributed by atoms with Crippen molar-refractivity contribution in [3.63, 3.8) is 0 Å². The Bertz CT molecular complexity index is 446. The van der Waals surface area contributed by atoms with Gasteiger partial charge in [0.1, 0.15) is 22.8 Å². The highest BCUT2D eigenvalue weighted by Crippen LogP contribution is 2.25. The van der Waals surface area contributed by atoms with E-state index >= 15 is 0 Å². The maximum absolute atomic E-state index is 11.7. The summed E-state index contributed by atoms with van der Waals surface area (Å²) >= 11 is 1.33. The van der Waals surface area contributed by atoms with Gasteiger partial charge in [0.25, 0.3) is 0 Å². The van der Waals surface area contributed by atoms with E-state index in [2.05, 4.69) is 15.4 Å². The fraction of sp³-hybridized carbons (Fsp3) is 0.583. The van der Waals surface area contributed by atoms with Gasteiger partial charge in [-0.25, -0.2) is 15.8 Å². The van der Waals surface area contributed by atoms with E-state index in [1.165, 1.54) is 18.1 Å². The average Bonchev–Trinajstić information content (AvgIpc) is 2.33. The minimum Gasteiger partial charge on any atom is -0.459 e. The molecule has 0 aliphatic rings. The Kier molecular flexibility index (Phi) is 5.56. The summed E-state index contributed by atoms with van der Waals surface area (Å²) in [6, 6.07) is 0. The maximum atomic E-state index is 11.7. The molecule has 1 rings (SSSR count). The second-order valence-electron chi connectivity index (χ2n) is 4.88. The monoisotopic (exact) mass is 284 g/mol. The zero-order valence-electron chi connectivity index (χ0n) is 11.7. The van der Waals surface area contributed by atoms with E-state index in [1.54, 1.807) is 0 Å². The number of carbonyl (C=O) groups is 1. The fourth-order valence-corrected chi connectivity index (χ4v) is 2.31. The van der Waals surface area contributed by atoms with Crippen molar-refractivity contribution in [2.24, 2.45) is 5.84 Å². The van der Waals surface area contributed by atoms with Crippen LogP contribution >= 0.6 is 11.8 Å². The summed E-state index contributed by atoms with van der Waals surface area (Å²) in [5.41, 5.74) is 2.96. The van der Waals surface area contributed by atoms with Crippen molar-refractivity contribution in [1.82, 2.24) is 9.97 Å². The molecule has 0 amide bonds. The van der Waals surface area contributed by atoms with Gasteiger partial charge in [0.15, 0.2) is 0 Å². The number of anilines is 1. The number of hydrogen-bond donors (Lipinski definition) is 2. The lowest BCUT2D eigenvalue weighted by Crippen LogP contribution is -2.25. The minimum atomic E-state index is -0.471. The molecule has 19 heavy (non-hydrogen) atoms. The highest BCUT2D eigenvalue weighted by molar-refractivity contribution is 7.99. The Morgan fingerprint density at radius 3 is 2.68 bits per heavy atom. The lowest BCUT2D eigenvalue weighted by Gasteiger charge is -2.19. The number of nitrogen functional groups attached to an aromatic ring is 1. The predicted octanol–water partition coefficient (Wildman–Crippen LogP) is 1.76. The second kappa shape index (κ2) is 6.72. The van der Waals surface area contributed by atoms with Crippen molar-refractivity contribution in [2.45, 2.75) is 44.7 Å². The van der Waals surface area contributed by atoms with Gasteiger partial charge in [-0.2, -0.15) is 0 Å².